The van der Waals surface area contributed by atoms with Gasteiger partial charge in [0, 0.05) is 32.2 Å². The molecule has 2 amide bonds. The Hall–Kier alpha value is -2.83. The van der Waals surface area contributed by atoms with E-state index in [0.29, 0.717) is 24.9 Å². The van der Waals surface area contributed by atoms with Gasteiger partial charge in [-0.1, -0.05) is 35.9 Å². The van der Waals surface area contributed by atoms with Crippen LogP contribution >= 0.6 is 0 Å². The number of aryl methyl sites for hydroxylation is 1. The number of hydrogen-bond acceptors (Lipinski definition) is 2. The molecule has 1 heterocycles. The predicted octanol–water partition coefficient (Wildman–Crippen LogP) is 4.52. The average molecular weight is 418 g/mol. The van der Waals surface area contributed by atoms with Gasteiger partial charge in [0.15, 0.2) is 0 Å². The van der Waals surface area contributed by atoms with Crippen molar-refractivity contribution in [1.29, 1.82) is 0 Å². The van der Waals surface area contributed by atoms with Gasteiger partial charge in [-0.2, -0.15) is 13.2 Å². The number of likely N-dealkylation sites (tertiary alicyclic amines) is 1. The van der Waals surface area contributed by atoms with Crippen LogP contribution in [-0.4, -0.2) is 41.8 Å². The first-order valence-electron chi connectivity index (χ1n) is 9.93. The molecule has 1 aliphatic rings. The minimum Gasteiger partial charge on any atom is -0.341 e. The van der Waals surface area contributed by atoms with E-state index in [1.807, 2.05) is 19.1 Å². The highest BCUT2D eigenvalue weighted by molar-refractivity contribution is 5.94. The first kappa shape index (κ1) is 21.9. The molecule has 2 aromatic rings. The summed E-state index contributed by atoms with van der Waals surface area (Å²) in [6.45, 7) is 2.65. The second kappa shape index (κ2) is 8.90. The summed E-state index contributed by atoms with van der Waals surface area (Å²) >= 11 is 0. The zero-order valence-electron chi connectivity index (χ0n) is 17.1. The maximum absolute atomic E-state index is 13.2. The van der Waals surface area contributed by atoms with Crippen LogP contribution in [0.3, 0.4) is 0 Å². The van der Waals surface area contributed by atoms with E-state index in [1.165, 1.54) is 30.1 Å². The molecule has 4 nitrogen and oxygen atoms in total. The van der Waals surface area contributed by atoms with Crippen molar-refractivity contribution in [2.75, 3.05) is 20.1 Å². The van der Waals surface area contributed by atoms with E-state index in [-0.39, 0.29) is 30.5 Å². The molecule has 1 saturated heterocycles. The number of halogens is 3. The highest BCUT2D eigenvalue weighted by Gasteiger charge is 2.34. The maximum Gasteiger partial charge on any atom is 0.416 e. The molecule has 0 saturated carbocycles. The maximum atomic E-state index is 13.2. The summed E-state index contributed by atoms with van der Waals surface area (Å²) in [5.41, 5.74) is 0.953. The molecule has 1 aliphatic heterocycles. The molecule has 0 aromatic heterocycles. The third kappa shape index (κ3) is 5.01. The molecule has 1 fully saturated rings. The summed E-state index contributed by atoms with van der Waals surface area (Å²) in [5, 5.41) is 0. The van der Waals surface area contributed by atoms with Gasteiger partial charge in [0.1, 0.15) is 0 Å². The topological polar surface area (TPSA) is 40.6 Å². The summed E-state index contributed by atoms with van der Waals surface area (Å²) in [5.74, 6) is -0.790. The molecule has 160 valence electrons. The van der Waals surface area contributed by atoms with Crippen LogP contribution in [0.15, 0.2) is 48.5 Å². The fourth-order valence-corrected chi connectivity index (χ4v) is 3.82. The van der Waals surface area contributed by atoms with Crippen molar-refractivity contribution in [2.45, 2.75) is 32.5 Å². The Morgan fingerprint density at radius 3 is 2.43 bits per heavy atom. The van der Waals surface area contributed by atoms with Crippen LogP contribution in [0.5, 0.6) is 0 Å². The van der Waals surface area contributed by atoms with Crippen molar-refractivity contribution in [3.8, 4) is 0 Å². The average Bonchev–Trinajstić information content (AvgIpc) is 2.73. The van der Waals surface area contributed by atoms with Gasteiger partial charge in [0.25, 0.3) is 5.91 Å². The second-order valence-electron chi connectivity index (χ2n) is 7.81. The summed E-state index contributed by atoms with van der Waals surface area (Å²) in [6, 6.07) is 12.6. The van der Waals surface area contributed by atoms with Crippen molar-refractivity contribution < 1.29 is 22.8 Å². The molecular formula is C23H25F3N2O2. The highest BCUT2D eigenvalue weighted by Crippen LogP contribution is 2.32. The third-order valence-corrected chi connectivity index (χ3v) is 5.46. The number of alkyl halides is 3. The van der Waals surface area contributed by atoms with Crippen LogP contribution in [0.2, 0.25) is 0 Å². The molecule has 0 radical (unpaired) electrons. The van der Waals surface area contributed by atoms with E-state index in [1.54, 1.807) is 17.0 Å². The zero-order valence-corrected chi connectivity index (χ0v) is 17.1. The lowest BCUT2D eigenvalue weighted by Crippen LogP contribution is -2.45. The monoisotopic (exact) mass is 418 g/mol. The number of piperidine rings is 1. The Morgan fingerprint density at radius 2 is 1.77 bits per heavy atom. The highest BCUT2D eigenvalue weighted by atomic mass is 19.4. The van der Waals surface area contributed by atoms with Crippen LogP contribution in [-0.2, 0) is 17.5 Å². The summed E-state index contributed by atoms with van der Waals surface area (Å²) in [7, 11) is 1.51. The molecule has 0 bridgehead atoms. The van der Waals surface area contributed by atoms with Crippen LogP contribution < -0.4 is 0 Å². The van der Waals surface area contributed by atoms with E-state index in [4.69, 9.17) is 0 Å². The van der Waals surface area contributed by atoms with E-state index >= 15 is 0 Å². The molecule has 7 heteroatoms. The molecule has 1 atom stereocenters. The van der Waals surface area contributed by atoms with Gasteiger partial charge in [-0.15, -0.1) is 0 Å². The number of amides is 2. The lowest BCUT2D eigenvalue weighted by molar-refractivity contribution is -0.141. The fourth-order valence-electron chi connectivity index (χ4n) is 3.82. The molecule has 2 aromatic carbocycles. The number of rotatable bonds is 4. The van der Waals surface area contributed by atoms with E-state index in [2.05, 4.69) is 0 Å². The minimum absolute atomic E-state index is 0.0595. The molecule has 3 rings (SSSR count). The number of hydrogen-bond donors (Lipinski definition) is 0. The molecule has 1 unspecified atom stereocenters. The lowest BCUT2D eigenvalue weighted by Gasteiger charge is -2.34. The van der Waals surface area contributed by atoms with Gasteiger partial charge in [-0.3, -0.25) is 9.59 Å². The van der Waals surface area contributed by atoms with Crippen molar-refractivity contribution >= 4 is 11.8 Å². The Balaban J connectivity index is 1.68. The normalized spacial score (nSPS) is 17.0. The van der Waals surface area contributed by atoms with Crippen molar-refractivity contribution in [3.05, 3.63) is 70.8 Å². The fraction of sp³-hybridized carbons (Fsp3) is 0.391. The summed E-state index contributed by atoms with van der Waals surface area (Å²) in [6.07, 6.45) is -3.18. The second-order valence-corrected chi connectivity index (χ2v) is 7.81. The van der Waals surface area contributed by atoms with E-state index < -0.39 is 17.7 Å². The first-order valence-corrected chi connectivity index (χ1v) is 9.93. The van der Waals surface area contributed by atoms with Crippen molar-refractivity contribution in [2.24, 2.45) is 5.92 Å². The molecule has 0 spiro atoms. The van der Waals surface area contributed by atoms with Crippen LogP contribution in [0.4, 0.5) is 13.2 Å². The third-order valence-electron chi connectivity index (χ3n) is 5.46. The molecule has 0 aliphatic carbocycles. The number of carbonyl (C=O) groups excluding carboxylic acids is 2. The number of benzene rings is 2. The van der Waals surface area contributed by atoms with Crippen molar-refractivity contribution in [3.63, 3.8) is 0 Å². The Kier molecular flexibility index (Phi) is 6.48. The van der Waals surface area contributed by atoms with Crippen LogP contribution in [0.1, 0.15) is 39.9 Å². The van der Waals surface area contributed by atoms with Gasteiger partial charge in [0.2, 0.25) is 5.91 Å². The van der Waals surface area contributed by atoms with Crippen molar-refractivity contribution in [1.82, 2.24) is 9.80 Å². The first-order chi connectivity index (χ1) is 14.2. The zero-order chi connectivity index (χ0) is 21.9. The van der Waals surface area contributed by atoms with Crippen LogP contribution in [0, 0.1) is 12.8 Å². The van der Waals surface area contributed by atoms with Gasteiger partial charge < -0.3 is 9.80 Å². The predicted molar refractivity (Wildman–Crippen MR) is 108 cm³/mol. The molecular weight excluding hydrogens is 393 g/mol. The SMILES string of the molecule is Cc1ccc(C(=O)N2CCCC(C(=O)N(C)Cc3ccccc3C(F)(F)F)C2)cc1. The van der Waals surface area contributed by atoms with Crippen LogP contribution in [0.25, 0.3) is 0 Å². The number of nitrogens with zero attached hydrogens (tertiary/aromatic N) is 2. The Bertz CT molecular complexity index is 909. The van der Waals surface area contributed by atoms with Gasteiger partial charge >= 0.3 is 6.18 Å². The summed E-state index contributed by atoms with van der Waals surface area (Å²) in [4.78, 5) is 28.7. The Labute approximate surface area is 174 Å². The molecule has 30 heavy (non-hydrogen) atoms. The smallest absolute Gasteiger partial charge is 0.341 e. The van der Waals surface area contributed by atoms with E-state index in [0.717, 1.165) is 11.6 Å². The quantitative estimate of drug-likeness (QED) is 0.732. The Morgan fingerprint density at radius 1 is 1.10 bits per heavy atom. The standard InChI is InChI=1S/C23H25F3N2O2/c1-16-9-11-17(12-10-16)22(30)28-13-5-7-19(15-28)21(29)27(2)14-18-6-3-4-8-20(18)23(24,25)26/h3-4,6,8-12,19H,5,7,13-15H2,1-2H3. The van der Waals surface area contributed by atoms with Gasteiger partial charge in [-0.05, 0) is 43.5 Å². The lowest BCUT2D eigenvalue weighted by atomic mass is 9.95. The molecule has 0 N–H and O–H groups in total. The minimum atomic E-state index is -4.47. The van der Waals surface area contributed by atoms with E-state index in [9.17, 15) is 22.8 Å². The summed E-state index contributed by atoms with van der Waals surface area (Å²) < 4.78 is 39.7. The van der Waals surface area contributed by atoms with Gasteiger partial charge in [0.05, 0.1) is 11.5 Å². The van der Waals surface area contributed by atoms with Gasteiger partial charge in [-0.25, -0.2) is 0 Å². The largest absolute Gasteiger partial charge is 0.416 e. The number of carbonyl (C=O) groups is 2.